The van der Waals surface area contributed by atoms with Crippen LogP contribution in [0.5, 0.6) is 0 Å². The Kier molecular flexibility index (Phi) is 6.54. The van der Waals surface area contributed by atoms with Gasteiger partial charge in [-0.25, -0.2) is 0 Å². The molecule has 1 saturated heterocycles. The predicted molar refractivity (Wildman–Crippen MR) is 103 cm³/mol. The van der Waals surface area contributed by atoms with E-state index in [2.05, 4.69) is 34.4 Å². The van der Waals surface area contributed by atoms with Gasteiger partial charge >= 0.3 is 0 Å². The zero-order chi connectivity index (χ0) is 17.6. The minimum absolute atomic E-state index is 0.0291. The molecular weight excluding hydrogens is 320 g/mol. The van der Waals surface area contributed by atoms with Gasteiger partial charge in [-0.05, 0) is 38.5 Å². The number of nitrogens with zero attached hydrogens (tertiary/aromatic N) is 2. The lowest BCUT2D eigenvalue weighted by atomic mass is 10.1. The Morgan fingerprint density at radius 1 is 1.38 bits per heavy atom. The van der Waals surface area contributed by atoms with Crippen molar-refractivity contribution in [2.24, 2.45) is 4.99 Å². The standard InChI is InChI=1S/C18H28N4OS/c1-5-20-16(23)15-8-6-7-14(11-15)12-21-17(19-4)22-9-10-24-18(2,3)13-22/h6-8,11H,5,9-10,12-13H2,1-4H3,(H,19,21)(H,20,23). The Morgan fingerprint density at radius 3 is 2.83 bits per heavy atom. The highest BCUT2D eigenvalue weighted by Gasteiger charge is 2.28. The molecule has 0 radical (unpaired) electrons. The van der Waals surface area contributed by atoms with Crippen LogP contribution in [-0.2, 0) is 6.54 Å². The lowest BCUT2D eigenvalue weighted by molar-refractivity contribution is 0.0955. The molecule has 1 aliphatic rings. The fourth-order valence-corrected chi connectivity index (χ4v) is 3.91. The normalized spacial score (nSPS) is 17.5. The lowest BCUT2D eigenvalue weighted by Crippen LogP contribution is -2.50. The second-order valence-electron chi connectivity index (χ2n) is 6.49. The molecule has 6 heteroatoms. The maximum absolute atomic E-state index is 11.9. The Morgan fingerprint density at radius 2 is 2.17 bits per heavy atom. The van der Waals surface area contributed by atoms with E-state index in [4.69, 9.17) is 0 Å². The Labute approximate surface area is 149 Å². The van der Waals surface area contributed by atoms with Gasteiger partial charge in [-0.15, -0.1) is 0 Å². The molecule has 1 fully saturated rings. The molecule has 0 aliphatic carbocycles. The molecule has 0 atom stereocenters. The lowest BCUT2D eigenvalue weighted by Gasteiger charge is -2.39. The van der Waals surface area contributed by atoms with E-state index in [1.807, 2.05) is 50.0 Å². The van der Waals surface area contributed by atoms with E-state index < -0.39 is 0 Å². The summed E-state index contributed by atoms with van der Waals surface area (Å²) < 4.78 is 0.244. The van der Waals surface area contributed by atoms with E-state index in [0.717, 1.165) is 30.4 Å². The van der Waals surface area contributed by atoms with Crippen molar-refractivity contribution in [3.05, 3.63) is 35.4 Å². The number of thioether (sulfide) groups is 1. The maximum atomic E-state index is 11.9. The van der Waals surface area contributed by atoms with Crippen molar-refractivity contribution in [2.45, 2.75) is 32.1 Å². The van der Waals surface area contributed by atoms with Gasteiger partial charge in [-0.1, -0.05) is 12.1 Å². The molecule has 5 nitrogen and oxygen atoms in total. The first kappa shape index (κ1) is 18.6. The van der Waals surface area contributed by atoms with E-state index in [9.17, 15) is 4.79 Å². The summed E-state index contributed by atoms with van der Waals surface area (Å²) in [5, 5.41) is 6.26. The molecule has 24 heavy (non-hydrogen) atoms. The van der Waals surface area contributed by atoms with Gasteiger partial charge in [0.2, 0.25) is 0 Å². The molecule has 0 bridgehead atoms. The SMILES string of the molecule is CCNC(=O)c1cccc(CNC(=NC)N2CCSC(C)(C)C2)c1. The third-order valence-electron chi connectivity index (χ3n) is 3.91. The van der Waals surface area contributed by atoms with Crippen LogP contribution in [-0.4, -0.2) is 53.9 Å². The second-order valence-corrected chi connectivity index (χ2v) is 8.29. The van der Waals surface area contributed by atoms with Gasteiger partial charge in [0, 0.05) is 49.3 Å². The number of hydrogen-bond acceptors (Lipinski definition) is 3. The van der Waals surface area contributed by atoms with Crippen LogP contribution >= 0.6 is 11.8 Å². The minimum Gasteiger partial charge on any atom is -0.352 e. The van der Waals surface area contributed by atoms with Crippen LogP contribution < -0.4 is 10.6 Å². The molecule has 1 aromatic carbocycles. The third kappa shape index (κ3) is 5.16. The smallest absolute Gasteiger partial charge is 0.251 e. The third-order valence-corrected chi connectivity index (χ3v) is 5.21. The van der Waals surface area contributed by atoms with Crippen LogP contribution in [0.2, 0.25) is 0 Å². The fraction of sp³-hybridized carbons (Fsp3) is 0.556. The molecule has 0 spiro atoms. The minimum atomic E-state index is -0.0291. The highest BCUT2D eigenvalue weighted by Crippen LogP contribution is 2.29. The van der Waals surface area contributed by atoms with Crippen molar-refractivity contribution in [1.82, 2.24) is 15.5 Å². The zero-order valence-corrected chi connectivity index (χ0v) is 15.9. The summed E-state index contributed by atoms with van der Waals surface area (Å²) in [6, 6.07) is 7.72. The van der Waals surface area contributed by atoms with E-state index in [-0.39, 0.29) is 10.7 Å². The van der Waals surface area contributed by atoms with Gasteiger partial charge < -0.3 is 15.5 Å². The van der Waals surface area contributed by atoms with E-state index in [0.29, 0.717) is 18.7 Å². The Balaban J connectivity index is 1.98. The molecule has 2 rings (SSSR count). The Bertz CT molecular complexity index is 600. The van der Waals surface area contributed by atoms with Crippen LogP contribution in [0.3, 0.4) is 0 Å². The summed E-state index contributed by atoms with van der Waals surface area (Å²) in [4.78, 5) is 18.7. The first-order valence-electron chi connectivity index (χ1n) is 8.42. The fourth-order valence-electron chi connectivity index (χ4n) is 2.80. The molecule has 132 valence electrons. The summed E-state index contributed by atoms with van der Waals surface area (Å²) in [5.41, 5.74) is 1.77. The quantitative estimate of drug-likeness (QED) is 0.648. The molecule has 1 heterocycles. The van der Waals surface area contributed by atoms with Crippen molar-refractivity contribution in [2.75, 3.05) is 32.4 Å². The summed E-state index contributed by atoms with van der Waals surface area (Å²) >= 11 is 2.01. The molecule has 0 aromatic heterocycles. The second kappa shape index (κ2) is 8.42. The van der Waals surface area contributed by atoms with Gasteiger partial charge in [-0.3, -0.25) is 9.79 Å². The number of amides is 1. The van der Waals surface area contributed by atoms with Crippen LogP contribution in [0.4, 0.5) is 0 Å². The van der Waals surface area contributed by atoms with Gasteiger partial charge in [-0.2, -0.15) is 11.8 Å². The summed E-state index contributed by atoms with van der Waals surface area (Å²) in [5.74, 6) is 2.01. The zero-order valence-electron chi connectivity index (χ0n) is 15.1. The Hall–Kier alpha value is -1.69. The number of carbonyl (C=O) groups is 1. The average Bonchev–Trinajstić information content (AvgIpc) is 2.55. The van der Waals surface area contributed by atoms with Gasteiger partial charge in [0.25, 0.3) is 5.91 Å². The largest absolute Gasteiger partial charge is 0.352 e. The number of benzene rings is 1. The average molecular weight is 349 g/mol. The summed E-state index contributed by atoms with van der Waals surface area (Å²) in [6.07, 6.45) is 0. The van der Waals surface area contributed by atoms with Gasteiger partial charge in [0.1, 0.15) is 0 Å². The monoisotopic (exact) mass is 348 g/mol. The van der Waals surface area contributed by atoms with Gasteiger partial charge in [0.15, 0.2) is 5.96 Å². The molecule has 1 aliphatic heterocycles. The topological polar surface area (TPSA) is 56.7 Å². The number of nitrogens with one attached hydrogen (secondary N) is 2. The number of aliphatic imine (C=N–C) groups is 1. The van der Waals surface area contributed by atoms with Crippen molar-refractivity contribution < 1.29 is 4.79 Å². The van der Waals surface area contributed by atoms with Crippen molar-refractivity contribution >= 4 is 23.6 Å². The number of guanidine groups is 1. The molecule has 0 unspecified atom stereocenters. The van der Waals surface area contributed by atoms with E-state index in [1.54, 1.807) is 0 Å². The highest BCUT2D eigenvalue weighted by atomic mass is 32.2. The number of rotatable bonds is 4. The van der Waals surface area contributed by atoms with Crippen LogP contribution in [0.1, 0.15) is 36.7 Å². The van der Waals surface area contributed by atoms with E-state index in [1.165, 1.54) is 0 Å². The van der Waals surface area contributed by atoms with Crippen molar-refractivity contribution in [1.29, 1.82) is 0 Å². The molecule has 0 saturated carbocycles. The summed E-state index contributed by atoms with van der Waals surface area (Å²) in [7, 11) is 1.82. The van der Waals surface area contributed by atoms with Gasteiger partial charge in [0.05, 0.1) is 0 Å². The molecule has 1 amide bonds. The van der Waals surface area contributed by atoms with Crippen molar-refractivity contribution in [3.63, 3.8) is 0 Å². The molecule has 2 N–H and O–H groups in total. The van der Waals surface area contributed by atoms with E-state index >= 15 is 0 Å². The molecule has 1 aromatic rings. The number of hydrogen-bond donors (Lipinski definition) is 2. The highest BCUT2D eigenvalue weighted by molar-refractivity contribution is 8.00. The van der Waals surface area contributed by atoms with Crippen LogP contribution in [0.25, 0.3) is 0 Å². The van der Waals surface area contributed by atoms with Crippen molar-refractivity contribution in [3.8, 4) is 0 Å². The first-order chi connectivity index (χ1) is 11.4. The van der Waals surface area contributed by atoms with Crippen LogP contribution in [0.15, 0.2) is 29.3 Å². The predicted octanol–water partition coefficient (Wildman–Crippen LogP) is 2.34. The maximum Gasteiger partial charge on any atom is 0.251 e. The number of carbonyl (C=O) groups excluding carboxylic acids is 1. The summed E-state index contributed by atoms with van der Waals surface area (Å²) in [6.45, 7) is 9.75. The van der Waals surface area contributed by atoms with Crippen LogP contribution in [0, 0.1) is 0 Å². The first-order valence-corrected chi connectivity index (χ1v) is 9.40. The molecular formula is C18H28N4OS.